The Labute approximate surface area is 212 Å². The van der Waals surface area contributed by atoms with Crippen molar-refractivity contribution in [1.29, 1.82) is 0 Å². The van der Waals surface area contributed by atoms with E-state index in [0.717, 1.165) is 82.3 Å². The number of nitrogens with zero attached hydrogens (tertiary/aromatic N) is 7. The van der Waals surface area contributed by atoms with Gasteiger partial charge in [-0.2, -0.15) is 13.2 Å². The van der Waals surface area contributed by atoms with Gasteiger partial charge in [0.2, 0.25) is 0 Å². The summed E-state index contributed by atoms with van der Waals surface area (Å²) in [7, 11) is 1.58. The predicted octanol–water partition coefficient (Wildman–Crippen LogP) is 4.44. The summed E-state index contributed by atoms with van der Waals surface area (Å²) in [5.41, 5.74) is 1.33. The summed E-state index contributed by atoms with van der Waals surface area (Å²) in [5.74, 6) is 1.26. The summed E-state index contributed by atoms with van der Waals surface area (Å²) < 4.78 is 51.8. The van der Waals surface area contributed by atoms with Gasteiger partial charge in [-0.1, -0.05) is 0 Å². The lowest BCUT2D eigenvalue weighted by Crippen LogP contribution is -2.42. The Morgan fingerprint density at radius 2 is 1.81 bits per heavy atom. The molecule has 1 unspecified atom stereocenters. The van der Waals surface area contributed by atoms with E-state index in [0.29, 0.717) is 23.7 Å². The second-order valence-corrected chi connectivity index (χ2v) is 10.2. The molecule has 0 saturated carbocycles. The van der Waals surface area contributed by atoms with Gasteiger partial charge in [0.1, 0.15) is 11.5 Å². The normalized spacial score (nSPS) is 22.2. The van der Waals surface area contributed by atoms with Gasteiger partial charge in [0.05, 0.1) is 25.2 Å². The van der Waals surface area contributed by atoms with Crippen molar-refractivity contribution in [3.63, 3.8) is 0 Å². The Bertz CT molecular complexity index is 1250. The fraction of sp³-hybridized carbons (Fsp3) is 0.600. The third-order valence-electron chi connectivity index (χ3n) is 7.97. The molecule has 3 aliphatic rings. The van der Waals surface area contributed by atoms with Crippen molar-refractivity contribution in [1.82, 2.24) is 24.7 Å². The zero-order valence-electron chi connectivity index (χ0n) is 20.7. The second-order valence-electron chi connectivity index (χ2n) is 10.2. The number of aromatic nitrogens is 5. The molecule has 1 atom stereocenters. The Morgan fingerprint density at radius 3 is 2.46 bits per heavy atom. The largest absolute Gasteiger partial charge is 0.478 e. The van der Waals surface area contributed by atoms with Gasteiger partial charge in [-0.3, -0.25) is 0 Å². The molecular weight excluding hydrogens is 487 g/mol. The van der Waals surface area contributed by atoms with Crippen molar-refractivity contribution >= 4 is 22.7 Å². The summed E-state index contributed by atoms with van der Waals surface area (Å²) >= 11 is 0. The van der Waals surface area contributed by atoms with Gasteiger partial charge in [0.25, 0.3) is 5.88 Å². The Morgan fingerprint density at radius 1 is 1.03 bits per heavy atom. The number of anilines is 2. The molecule has 198 valence electrons. The van der Waals surface area contributed by atoms with Gasteiger partial charge in [-0.05, 0) is 56.1 Å². The topological polar surface area (TPSA) is 81.4 Å². The number of rotatable bonds is 4. The lowest BCUT2D eigenvalue weighted by atomic mass is 9.78. The minimum Gasteiger partial charge on any atom is -0.478 e. The van der Waals surface area contributed by atoms with Crippen molar-refractivity contribution in [3.05, 3.63) is 30.2 Å². The van der Waals surface area contributed by atoms with E-state index in [4.69, 9.17) is 14.5 Å². The number of fused-ring (bicyclic) bond motifs is 1. The molecule has 1 spiro atoms. The second kappa shape index (κ2) is 9.30. The van der Waals surface area contributed by atoms with Crippen LogP contribution in [-0.4, -0.2) is 64.6 Å². The number of methoxy groups -OCH3 is 1. The smallest absolute Gasteiger partial charge is 0.433 e. The van der Waals surface area contributed by atoms with E-state index in [1.807, 2.05) is 4.68 Å². The SMILES string of the molecule is COc1nn(C2CCCCO2)c2nc(N3CCC4(CCN(c5ccc(C(F)(F)F)nc5)C4)CC3)cnc12. The molecule has 0 amide bonds. The summed E-state index contributed by atoms with van der Waals surface area (Å²) in [6.45, 7) is 4.02. The first-order chi connectivity index (χ1) is 17.9. The molecule has 3 aromatic heterocycles. The number of piperidine rings is 1. The van der Waals surface area contributed by atoms with E-state index < -0.39 is 11.9 Å². The molecule has 0 bridgehead atoms. The van der Waals surface area contributed by atoms with Gasteiger partial charge in [0, 0.05) is 32.8 Å². The molecule has 0 N–H and O–H groups in total. The highest BCUT2D eigenvalue weighted by molar-refractivity contribution is 5.78. The minimum absolute atomic E-state index is 0.137. The van der Waals surface area contributed by atoms with E-state index in [1.54, 1.807) is 13.3 Å². The number of hydrogen-bond donors (Lipinski definition) is 0. The van der Waals surface area contributed by atoms with E-state index in [2.05, 4.69) is 24.9 Å². The van der Waals surface area contributed by atoms with Crippen molar-refractivity contribution in [2.75, 3.05) is 49.7 Å². The van der Waals surface area contributed by atoms with Crippen LogP contribution in [0.15, 0.2) is 24.5 Å². The number of hydrogen-bond acceptors (Lipinski definition) is 8. The quantitative estimate of drug-likeness (QED) is 0.502. The van der Waals surface area contributed by atoms with Crippen LogP contribution in [0.1, 0.15) is 50.4 Å². The van der Waals surface area contributed by atoms with Crippen LogP contribution in [0.3, 0.4) is 0 Å². The number of ether oxygens (including phenoxy) is 2. The number of halogens is 3. The molecule has 37 heavy (non-hydrogen) atoms. The molecule has 12 heteroatoms. The highest BCUT2D eigenvalue weighted by atomic mass is 19.4. The summed E-state index contributed by atoms with van der Waals surface area (Å²) in [5, 5.41) is 4.58. The monoisotopic (exact) mass is 517 g/mol. The molecular formula is C25H30F3N7O2. The van der Waals surface area contributed by atoms with Crippen LogP contribution in [0.2, 0.25) is 0 Å². The van der Waals surface area contributed by atoms with Gasteiger partial charge in [0.15, 0.2) is 17.4 Å². The third kappa shape index (κ3) is 4.55. The molecule has 0 aromatic carbocycles. The predicted molar refractivity (Wildman–Crippen MR) is 131 cm³/mol. The Hall–Kier alpha value is -3.15. The molecule has 9 nitrogen and oxygen atoms in total. The average Bonchev–Trinajstić information content (AvgIpc) is 3.50. The molecule has 3 aliphatic heterocycles. The highest BCUT2D eigenvalue weighted by Gasteiger charge is 2.41. The fourth-order valence-corrected chi connectivity index (χ4v) is 5.80. The standard InChI is InChI=1S/C25H30F3N7O2/c1-36-23-21-22(35(32-23)20-4-2-3-13-37-20)31-19(15-30-21)33-10-7-24(8-11-33)9-12-34(16-24)17-5-6-18(29-14-17)25(26,27)28/h5-6,14-15,20H,2-4,7-13,16H2,1H3. The lowest BCUT2D eigenvalue weighted by Gasteiger charge is -2.39. The van der Waals surface area contributed by atoms with E-state index in [-0.39, 0.29) is 11.6 Å². The van der Waals surface area contributed by atoms with Crippen molar-refractivity contribution in [2.45, 2.75) is 50.9 Å². The zero-order chi connectivity index (χ0) is 25.6. The van der Waals surface area contributed by atoms with E-state index in [9.17, 15) is 13.2 Å². The third-order valence-corrected chi connectivity index (χ3v) is 7.97. The van der Waals surface area contributed by atoms with Crippen LogP contribution < -0.4 is 14.5 Å². The fourth-order valence-electron chi connectivity index (χ4n) is 5.80. The van der Waals surface area contributed by atoms with Gasteiger partial charge >= 0.3 is 6.18 Å². The minimum atomic E-state index is -4.42. The van der Waals surface area contributed by atoms with Crippen LogP contribution in [0, 0.1) is 5.41 Å². The molecule has 6 rings (SSSR count). The van der Waals surface area contributed by atoms with Crippen LogP contribution in [0.5, 0.6) is 5.88 Å². The first kappa shape index (κ1) is 24.2. The first-order valence-electron chi connectivity index (χ1n) is 12.8. The molecule has 3 saturated heterocycles. The zero-order valence-corrected chi connectivity index (χ0v) is 20.7. The molecule has 6 heterocycles. The maximum Gasteiger partial charge on any atom is 0.433 e. The average molecular weight is 518 g/mol. The lowest BCUT2D eigenvalue weighted by molar-refractivity contribution is -0.141. The van der Waals surface area contributed by atoms with Crippen LogP contribution in [0.4, 0.5) is 24.7 Å². The number of alkyl halides is 3. The molecule has 0 aliphatic carbocycles. The first-order valence-corrected chi connectivity index (χ1v) is 12.8. The van der Waals surface area contributed by atoms with Gasteiger partial charge < -0.3 is 19.3 Å². The van der Waals surface area contributed by atoms with Gasteiger partial charge in [-0.15, -0.1) is 5.10 Å². The maximum absolute atomic E-state index is 12.9. The van der Waals surface area contributed by atoms with Gasteiger partial charge in [-0.25, -0.2) is 19.6 Å². The van der Waals surface area contributed by atoms with Crippen LogP contribution in [0.25, 0.3) is 11.2 Å². The maximum atomic E-state index is 12.9. The summed E-state index contributed by atoms with van der Waals surface area (Å²) in [6, 6.07) is 2.60. The van der Waals surface area contributed by atoms with Crippen LogP contribution >= 0.6 is 0 Å². The van der Waals surface area contributed by atoms with Crippen molar-refractivity contribution in [3.8, 4) is 5.88 Å². The molecule has 0 radical (unpaired) electrons. The number of pyridine rings is 1. The summed E-state index contributed by atoms with van der Waals surface area (Å²) in [4.78, 5) is 17.6. The van der Waals surface area contributed by atoms with Crippen LogP contribution in [-0.2, 0) is 10.9 Å². The molecule has 3 fully saturated rings. The Kier molecular flexibility index (Phi) is 6.09. The van der Waals surface area contributed by atoms with E-state index in [1.165, 1.54) is 12.3 Å². The Balaban J connectivity index is 1.15. The highest BCUT2D eigenvalue weighted by Crippen LogP contribution is 2.43. The van der Waals surface area contributed by atoms with E-state index >= 15 is 0 Å². The summed E-state index contributed by atoms with van der Waals surface area (Å²) in [6.07, 6.45) is 4.51. The van der Waals surface area contributed by atoms with Crippen molar-refractivity contribution < 1.29 is 22.6 Å². The van der Waals surface area contributed by atoms with Crippen molar-refractivity contribution in [2.24, 2.45) is 5.41 Å². The molecule has 3 aromatic rings.